The van der Waals surface area contributed by atoms with Gasteiger partial charge in [-0.25, -0.2) is 0 Å². The van der Waals surface area contributed by atoms with Crippen molar-refractivity contribution in [2.24, 2.45) is 7.05 Å². The second-order valence-electron chi connectivity index (χ2n) is 7.91. The van der Waals surface area contributed by atoms with E-state index in [4.69, 9.17) is 10.00 Å². The molecule has 0 atom stereocenters. The first kappa shape index (κ1) is 20.8. The summed E-state index contributed by atoms with van der Waals surface area (Å²) in [5.74, 6) is 0.720. The molecule has 0 unspecified atom stereocenters. The Morgan fingerprint density at radius 3 is 2.32 bits per heavy atom. The van der Waals surface area contributed by atoms with Gasteiger partial charge < -0.3 is 9.30 Å². The van der Waals surface area contributed by atoms with Crippen molar-refractivity contribution in [1.82, 2.24) is 4.57 Å². The fourth-order valence-electron chi connectivity index (χ4n) is 4.33. The number of fused-ring (bicyclic) bond motifs is 1. The number of nitrogens with zero attached hydrogens (tertiary/aromatic N) is 2. The molecule has 0 spiro atoms. The van der Waals surface area contributed by atoms with Crippen molar-refractivity contribution in [3.8, 4) is 34.2 Å². The summed E-state index contributed by atoms with van der Waals surface area (Å²) in [7, 11) is 2.18. The van der Waals surface area contributed by atoms with Crippen LogP contribution in [-0.4, -0.2) is 11.2 Å². The fourth-order valence-corrected chi connectivity index (χ4v) is 4.33. The minimum absolute atomic E-state index is 0.0682. The van der Waals surface area contributed by atoms with Gasteiger partial charge in [-0.1, -0.05) is 68.3 Å². The van der Waals surface area contributed by atoms with E-state index in [0.29, 0.717) is 0 Å². The zero-order chi connectivity index (χ0) is 21.6. The Hall–Kier alpha value is -3.51. The Bertz CT molecular complexity index is 1200. The van der Waals surface area contributed by atoms with E-state index in [2.05, 4.69) is 79.2 Å². The number of aromatic nitrogens is 1. The van der Waals surface area contributed by atoms with E-state index in [0.717, 1.165) is 17.7 Å². The molecule has 4 rings (SSSR count). The molecular weight excluding hydrogens is 380 g/mol. The molecule has 3 heteroatoms. The predicted molar refractivity (Wildman–Crippen MR) is 128 cm³/mol. The quantitative estimate of drug-likeness (QED) is 0.290. The van der Waals surface area contributed by atoms with Crippen LogP contribution in [0.5, 0.6) is 5.75 Å². The van der Waals surface area contributed by atoms with Crippen LogP contribution >= 0.6 is 0 Å². The highest BCUT2D eigenvalue weighted by atomic mass is 16.5. The summed E-state index contributed by atoms with van der Waals surface area (Å²) in [4.78, 5) is 0. The molecule has 0 amide bonds. The molecule has 3 nitrogen and oxygen atoms in total. The summed E-state index contributed by atoms with van der Waals surface area (Å²) >= 11 is 0. The topological polar surface area (TPSA) is 38.0 Å². The molecule has 0 aliphatic heterocycles. The highest BCUT2D eigenvalue weighted by Crippen LogP contribution is 2.36. The maximum absolute atomic E-state index is 8.69. The Labute approximate surface area is 184 Å². The van der Waals surface area contributed by atoms with Crippen LogP contribution in [0.15, 0.2) is 72.8 Å². The second-order valence-corrected chi connectivity index (χ2v) is 7.91. The van der Waals surface area contributed by atoms with Crippen molar-refractivity contribution >= 4 is 10.9 Å². The number of ether oxygens (including phenoxy) is 1. The van der Waals surface area contributed by atoms with Crippen LogP contribution in [0.25, 0.3) is 33.3 Å². The highest BCUT2D eigenvalue weighted by molar-refractivity contribution is 5.94. The van der Waals surface area contributed by atoms with E-state index in [1.807, 2.05) is 18.2 Å². The maximum Gasteiger partial charge on any atom is 0.174 e. The van der Waals surface area contributed by atoms with Crippen LogP contribution in [-0.2, 0) is 13.5 Å². The van der Waals surface area contributed by atoms with Crippen molar-refractivity contribution in [2.75, 3.05) is 6.61 Å². The van der Waals surface area contributed by atoms with Crippen molar-refractivity contribution in [3.05, 3.63) is 78.4 Å². The zero-order valence-corrected chi connectivity index (χ0v) is 18.3. The molecule has 4 aromatic rings. The average molecular weight is 409 g/mol. The van der Waals surface area contributed by atoms with Gasteiger partial charge >= 0.3 is 0 Å². The summed E-state index contributed by atoms with van der Waals surface area (Å²) in [6, 6.07) is 27.5. The summed E-state index contributed by atoms with van der Waals surface area (Å²) in [5, 5.41) is 10.0. The third kappa shape index (κ3) is 4.34. The monoisotopic (exact) mass is 408 g/mol. The van der Waals surface area contributed by atoms with Crippen LogP contribution in [0.3, 0.4) is 0 Å². The lowest BCUT2D eigenvalue weighted by Gasteiger charge is -2.08. The molecule has 0 saturated heterocycles. The van der Waals surface area contributed by atoms with Gasteiger partial charge in [-0.05, 0) is 59.4 Å². The first-order chi connectivity index (χ1) is 15.2. The van der Waals surface area contributed by atoms with Gasteiger partial charge in [0.1, 0.15) is 11.8 Å². The Kier molecular flexibility index (Phi) is 6.38. The first-order valence-corrected chi connectivity index (χ1v) is 11.0. The molecule has 1 heterocycles. The van der Waals surface area contributed by atoms with Crippen LogP contribution in [0.4, 0.5) is 0 Å². The number of benzene rings is 3. The molecule has 1 aromatic heterocycles. The van der Waals surface area contributed by atoms with Crippen molar-refractivity contribution in [1.29, 1.82) is 5.26 Å². The van der Waals surface area contributed by atoms with Gasteiger partial charge in [0.25, 0.3) is 0 Å². The standard InChI is InChI=1S/C28H28N2O/c1-3-4-6-11-25-26-20-23(21-12-15-24(16-13-21)31-19-18-29)14-17-27(26)30(2)28(25)22-9-7-5-8-10-22/h5,7-10,12-17,20H,3-4,6,11,19H2,1-2H3. The minimum Gasteiger partial charge on any atom is -0.479 e. The van der Waals surface area contributed by atoms with E-state index >= 15 is 0 Å². The number of rotatable bonds is 8. The number of unbranched alkanes of at least 4 members (excludes halogenated alkanes) is 2. The molecule has 0 radical (unpaired) electrons. The van der Waals surface area contributed by atoms with Gasteiger partial charge in [0.2, 0.25) is 0 Å². The van der Waals surface area contributed by atoms with Gasteiger partial charge in [0.05, 0.1) is 5.69 Å². The summed E-state index contributed by atoms with van der Waals surface area (Å²) in [5.41, 5.74) is 7.64. The predicted octanol–water partition coefficient (Wildman–Crippen LogP) is 7.15. The van der Waals surface area contributed by atoms with Gasteiger partial charge in [-0.15, -0.1) is 0 Å². The van der Waals surface area contributed by atoms with Crippen LogP contribution in [0, 0.1) is 11.3 Å². The fraction of sp³-hybridized carbons (Fsp3) is 0.250. The summed E-state index contributed by atoms with van der Waals surface area (Å²) in [6.07, 6.45) is 4.75. The van der Waals surface area contributed by atoms with E-state index in [1.54, 1.807) is 0 Å². The first-order valence-electron chi connectivity index (χ1n) is 11.0. The number of nitriles is 1. The summed E-state index contributed by atoms with van der Waals surface area (Å²) < 4.78 is 7.74. The second kappa shape index (κ2) is 9.53. The number of aryl methyl sites for hydroxylation is 2. The molecule has 156 valence electrons. The molecule has 0 bridgehead atoms. The van der Waals surface area contributed by atoms with Crippen molar-refractivity contribution in [3.63, 3.8) is 0 Å². The Balaban J connectivity index is 1.79. The van der Waals surface area contributed by atoms with E-state index in [9.17, 15) is 0 Å². The van der Waals surface area contributed by atoms with Crippen molar-refractivity contribution < 1.29 is 4.74 Å². The maximum atomic E-state index is 8.69. The molecule has 0 saturated carbocycles. The van der Waals surface area contributed by atoms with Crippen LogP contribution in [0.1, 0.15) is 31.7 Å². The molecule has 0 fully saturated rings. The minimum atomic E-state index is 0.0682. The highest BCUT2D eigenvalue weighted by Gasteiger charge is 2.17. The molecule has 0 aliphatic rings. The smallest absolute Gasteiger partial charge is 0.174 e. The molecule has 31 heavy (non-hydrogen) atoms. The normalized spacial score (nSPS) is 10.9. The largest absolute Gasteiger partial charge is 0.479 e. The van der Waals surface area contributed by atoms with E-state index in [1.165, 1.54) is 52.5 Å². The lowest BCUT2D eigenvalue weighted by molar-refractivity contribution is 0.368. The third-order valence-electron chi connectivity index (χ3n) is 5.87. The van der Waals surface area contributed by atoms with Gasteiger partial charge in [-0.2, -0.15) is 5.26 Å². The molecule has 0 aliphatic carbocycles. The lowest BCUT2D eigenvalue weighted by atomic mass is 9.97. The van der Waals surface area contributed by atoms with Crippen LogP contribution in [0.2, 0.25) is 0 Å². The average Bonchev–Trinajstić information content (AvgIpc) is 3.10. The Morgan fingerprint density at radius 2 is 1.61 bits per heavy atom. The SMILES string of the molecule is CCCCCc1c(-c2ccccc2)n(C)c2ccc(-c3ccc(OCC#N)cc3)cc12. The van der Waals surface area contributed by atoms with E-state index in [-0.39, 0.29) is 6.61 Å². The summed E-state index contributed by atoms with van der Waals surface area (Å²) in [6.45, 7) is 2.32. The zero-order valence-electron chi connectivity index (χ0n) is 18.3. The number of hydrogen-bond donors (Lipinski definition) is 0. The van der Waals surface area contributed by atoms with Gasteiger partial charge in [-0.3, -0.25) is 0 Å². The van der Waals surface area contributed by atoms with Gasteiger partial charge in [0, 0.05) is 18.0 Å². The van der Waals surface area contributed by atoms with Crippen LogP contribution < -0.4 is 4.74 Å². The van der Waals surface area contributed by atoms with Gasteiger partial charge in [0.15, 0.2) is 6.61 Å². The molecule has 0 N–H and O–H groups in total. The molecular formula is C28H28N2O. The van der Waals surface area contributed by atoms with E-state index < -0.39 is 0 Å². The Morgan fingerprint density at radius 1 is 0.871 bits per heavy atom. The lowest BCUT2D eigenvalue weighted by Crippen LogP contribution is -1.94. The molecule has 3 aromatic carbocycles. The number of hydrogen-bond acceptors (Lipinski definition) is 2. The van der Waals surface area contributed by atoms with Crippen molar-refractivity contribution in [2.45, 2.75) is 32.6 Å². The third-order valence-corrected chi connectivity index (χ3v) is 5.87.